The summed E-state index contributed by atoms with van der Waals surface area (Å²) in [7, 11) is 2.83. The number of ether oxygens (including phenoxy) is 3. The Labute approximate surface area is 185 Å². The van der Waals surface area contributed by atoms with Gasteiger partial charge in [0.25, 0.3) is 0 Å². The molecular weight excluding hydrogens is 410 g/mol. The second-order valence-electron chi connectivity index (χ2n) is 6.72. The minimum Gasteiger partial charge on any atom is -0.493 e. The van der Waals surface area contributed by atoms with Crippen LogP contribution in [0.4, 0.5) is 5.69 Å². The fourth-order valence-electron chi connectivity index (χ4n) is 2.92. The Bertz CT molecular complexity index is 1110. The molecule has 0 unspecified atom stereocenters. The number of hydrogen-bond acceptors (Lipinski definition) is 5. The van der Waals surface area contributed by atoms with Gasteiger partial charge in [-0.3, -0.25) is 4.79 Å². The normalized spacial score (nSPS) is 10.6. The van der Waals surface area contributed by atoms with E-state index in [0.29, 0.717) is 18.1 Å². The zero-order chi connectivity index (χ0) is 22.9. The Kier molecular flexibility index (Phi) is 7.48. The van der Waals surface area contributed by atoms with E-state index in [2.05, 4.69) is 5.32 Å². The third-order valence-corrected chi connectivity index (χ3v) is 4.57. The van der Waals surface area contributed by atoms with Crippen LogP contribution >= 0.6 is 0 Å². The number of benzene rings is 3. The topological polar surface area (TPSA) is 94.1 Å². The van der Waals surface area contributed by atoms with Gasteiger partial charge in [-0.2, -0.15) is 0 Å². The zero-order valence-electron chi connectivity index (χ0n) is 17.7. The quantitative estimate of drug-likeness (QED) is 0.478. The fourth-order valence-corrected chi connectivity index (χ4v) is 2.92. The molecule has 0 aliphatic heterocycles. The molecule has 0 aliphatic carbocycles. The van der Waals surface area contributed by atoms with E-state index in [9.17, 15) is 14.7 Å². The van der Waals surface area contributed by atoms with E-state index in [-0.39, 0.29) is 17.0 Å². The highest BCUT2D eigenvalue weighted by Gasteiger charge is 2.17. The summed E-state index contributed by atoms with van der Waals surface area (Å²) in [5.41, 5.74) is 1.86. The van der Waals surface area contributed by atoms with Gasteiger partial charge in [0.2, 0.25) is 5.91 Å². The Morgan fingerprint density at radius 3 is 2.22 bits per heavy atom. The first-order valence-electron chi connectivity index (χ1n) is 9.75. The van der Waals surface area contributed by atoms with E-state index in [1.807, 2.05) is 54.6 Å². The van der Waals surface area contributed by atoms with Crippen LogP contribution in [0.3, 0.4) is 0 Å². The average Bonchev–Trinajstić information content (AvgIpc) is 2.82. The maximum Gasteiger partial charge on any atom is 0.337 e. The predicted molar refractivity (Wildman–Crippen MR) is 121 cm³/mol. The monoisotopic (exact) mass is 433 g/mol. The summed E-state index contributed by atoms with van der Waals surface area (Å²) in [4.78, 5) is 23.9. The molecule has 0 saturated heterocycles. The molecule has 0 heterocycles. The number of carboxylic acids is 1. The molecule has 3 aromatic rings. The Morgan fingerprint density at radius 1 is 0.938 bits per heavy atom. The van der Waals surface area contributed by atoms with Crippen LogP contribution in [0.5, 0.6) is 17.2 Å². The van der Waals surface area contributed by atoms with E-state index in [1.54, 1.807) is 6.08 Å². The number of nitrogens with one attached hydrogen (secondary N) is 1. The number of methoxy groups -OCH3 is 2. The van der Waals surface area contributed by atoms with Gasteiger partial charge >= 0.3 is 5.97 Å². The van der Waals surface area contributed by atoms with Gasteiger partial charge in [0, 0.05) is 18.2 Å². The predicted octanol–water partition coefficient (Wildman–Crippen LogP) is 4.63. The molecule has 32 heavy (non-hydrogen) atoms. The number of carboxylic acid groups (broad SMARTS) is 1. The Morgan fingerprint density at radius 2 is 1.59 bits per heavy atom. The third kappa shape index (κ3) is 5.89. The minimum absolute atomic E-state index is 0.106. The van der Waals surface area contributed by atoms with E-state index < -0.39 is 11.9 Å². The van der Waals surface area contributed by atoms with Crippen molar-refractivity contribution in [2.75, 3.05) is 19.5 Å². The molecule has 0 bridgehead atoms. The molecule has 0 aliphatic rings. The van der Waals surface area contributed by atoms with Crippen LogP contribution in [-0.4, -0.2) is 31.2 Å². The van der Waals surface area contributed by atoms with Crippen molar-refractivity contribution in [3.05, 3.63) is 89.5 Å². The summed E-state index contributed by atoms with van der Waals surface area (Å²) in [5, 5.41) is 12.0. The first-order valence-corrected chi connectivity index (χ1v) is 9.75. The number of aromatic carboxylic acids is 1. The molecule has 0 aromatic heterocycles. The van der Waals surface area contributed by atoms with Gasteiger partial charge in [0.15, 0.2) is 11.5 Å². The first kappa shape index (κ1) is 22.4. The van der Waals surface area contributed by atoms with Crippen molar-refractivity contribution in [1.82, 2.24) is 0 Å². The van der Waals surface area contributed by atoms with Crippen molar-refractivity contribution in [2.24, 2.45) is 0 Å². The molecule has 0 radical (unpaired) electrons. The summed E-state index contributed by atoms with van der Waals surface area (Å²) in [5.74, 6) is -0.400. The van der Waals surface area contributed by atoms with Gasteiger partial charge in [-0.05, 0) is 29.3 Å². The van der Waals surface area contributed by atoms with Gasteiger partial charge in [-0.1, -0.05) is 42.5 Å². The zero-order valence-corrected chi connectivity index (χ0v) is 17.7. The second kappa shape index (κ2) is 10.7. The summed E-state index contributed by atoms with van der Waals surface area (Å²) < 4.78 is 16.0. The smallest absolute Gasteiger partial charge is 0.337 e. The lowest BCUT2D eigenvalue weighted by molar-refractivity contribution is -0.111. The van der Waals surface area contributed by atoms with Crippen LogP contribution in [0.1, 0.15) is 21.5 Å². The van der Waals surface area contributed by atoms with E-state index >= 15 is 0 Å². The van der Waals surface area contributed by atoms with Crippen molar-refractivity contribution in [2.45, 2.75) is 6.61 Å². The van der Waals surface area contributed by atoms with Crippen LogP contribution < -0.4 is 19.5 Å². The summed E-state index contributed by atoms with van der Waals surface area (Å²) in [6, 6.07) is 19.8. The fraction of sp³-hybridized carbons (Fsp3) is 0.120. The highest BCUT2D eigenvalue weighted by Crippen LogP contribution is 2.33. The number of rotatable bonds is 9. The highest BCUT2D eigenvalue weighted by molar-refractivity contribution is 6.06. The van der Waals surface area contributed by atoms with E-state index in [0.717, 1.165) is 11.1 Å². The van der Waals surface area contributed by atoms with E-state index in [1.165, 1.54) is 32.4 Å². The largest absolute Gasteiger partial charge is 0.493 e. The van der Waals surface area contributed by atoms with Crippen molar-refractivity contribution in [3.63, 3.8) is 0 Å². The lowest BCUT2D eigenvalue weighted by atomic mass is 10.1. The van der Waals surface area contributed by atoms with Gasteiger partial charge in [-0.15, -0.1) is 0 Å². The van der Waals surface area contributed by atoms with Gasteiger partial charge in [-0.25, -0.2) is 4.79 Å². The van der Waals surface area contributed by atoms with Crippen LogP contribution in [0.2, 0.25) is 0 Å². The third-order valence-electron chi connectivity index (χ3n) is 4.57. The average molecular weight is 433 g/mol. The summed E-state index contributed by atoms with van der Waals surface area (Å²) in [6.45, 7) is 0.468. The highest BCUT2D eigenvalue weighted by atomic mass is 16.5. The van der Waals surface area contributed by atoms with Crippen molar-refractivity contribution >= 4 is 23.6 Å². The molecular formula is C25H23NO6. The standard InChI is InChI=1S/C25H23NO6/c1-30-22-14-20(25(28)29)21(15-23(22)31-2)26-24(27)13-10-17-8-11-19(12-9-17)32-16-18-6-4-3-5-7-18/h3-15H,16H2,1-2H3,(H,26,27)(H,28,29)/b13-10+. The molecule has 7 heteroatoms. The molecule has 7 nitrogen and oxygen atoms in total. The number of carbonyl (C=O) groups excluding carboxylic acids is 1. The van der Waals surface area contributed by atoms with Crippen molar-refractivity contribution in [1.29, 1.82) is 0 Å². The molecule has 1 amide bonds. The van der Waals surface area contributed by atoms with Crippen LogP contribution in [-0.2, 0) is 11.4 Å². The lowest BCUT2D eigenvalue weighted by Crippen LogP contribution is -2.12. The molecule has 0 atom stereocenters. The molecule has 2 N–H and O–H groups in total. The lowest BCUT2D eigenvalue weighted by Gasteiger charge is -2.13. The molecule has 0 fully saturated rings. The van der Waals surface area contributed by atoms with Gasteiger partial charge < -0.3 is 24.6 Å². The minimum atomic E-state index is -1.20. The van der Waals surface area contributed by atoms with Crippen LogP contribution in [0, 0.1) is 0 Å². The van der Waals surface area contributed by atoms with Gasteiger partial charge in [0.1, 0.15) is 12.4 Å². The van der Waals surface area contributed by atoms with Crippen LogP contribution in [0.15, 0.2) is 72.8 Å². The van der Waals surface area contributed by atoms with Crippen LogP contribution in [0.25, 0.3) is 6.08 Å². The molecule has 3 aromatic carbocycles. The van der Waals surface area contributed by atoms with E-state index in [4.69, 9.17) is 14.2 Å². The number of anilines is 1. The number of amides is 1. The summed E-state index contributed by atoms with van der Waals surface area (Å²) in [6.07, 6.45) is 2.94. The van der Waals surface area contributed by atoms with Crippen molar-refractivity contribution in [3.8, 4) is 17.2 Å². The molecule has 0 spiro atoms. The summed E-state index contributed by atoms with van der Waals surface area (Å²) >= 11 is 0. The molecule has 0 saturated carbocycles. The molecule has 164 valence electrons. The second-order valence-corrected chi connectivity index (χ2v) is 6.72. The van der Waals surface area contributed by atoms with Gasteiger partial charge in [0.05, 0.1) is 25.5 Å². The molecule has 3 rings (SSSR count). The first-order chi connectivity index (χ1) is 15.5. The number of hydrogen-bond donors (Lipinski definition) is 2. The maximum absolute atomic E-state index is 12.4. The SMILES string of the molecule is COc1cc(NC(=O)/C=C/c2ccc(OCc3ccccc3)cc2)c(C(=O)O)cc1OC. The Hall–Kier alpha value is -4.26. The maximum atomic E-state index is 12.4. The Balaban J connectivity index is 1.64. The van der Waals surface area contributed by atoms with Crippen molar-refractivity contribution < 1.29 is 28.9 Å². The number of carbonyl (C=O) groups is 2.